The highest BCUT2D eigenvalue weighted by molar-refractivity contribution is 7.91. The molecule has 1 N–H and O–H groups in total. The summed E-state index contributed by atoms with van der Waals surface area (Å²) in [6, 6.07) is 2.45. The van der Waals surface area contributed by atoms with Gasteiger partial charge in [-0.05, 0) is 13.0 Å². The Labute approximate surface area is 110 Å². The molecule has 19 heavy (non-hydrogen) atoms. The number of anilines is 1. The SMILES string of the molecule is CCS(=O)(=O)CC(C)Nc1cc(F)ccc1[N+](=O)[O-]. The fourth-order valence-electron chi connectivity index (χ4n) is 1.59. The van der Waals surface area contributed by atoms with E-state index in [9.17, 15) is 22.9 Å². The number of hydrogen-bond acceptors (Lipinski definition) is 5. The van der Waals surface area contributed by atoms with Crippen LogP contribution in [0.25, 0.3) is 0 Å². The number of nitrogens with zero attached hydrogens (tertiary/aromatic N) is 1. The van der Waals surface area contributed by atoms with Crippen LogP contribution in [0.2, 0.25) is 0 Å². The van der Waals surface area contributed by atoms with Crippen molar-refractivity contribution < 1.29 is 17.7 Å². The molecule has 0 aliphatic carbocycles. The van der Waals surface area contributed by atoms with E-state index in [4.69, 9.17) is 0 Å². The summed E-state index contributed by atoms with van der Waals surface area (Å²) in [6.07, 6.45) is 0. The average molecular weight is 290 g/mol. The van der Waals surface area contributed by atoms with Crippen LogP contribution in [0.4, 0.5) is 15.8 Å². The van der Waals surface area contributed by atoms with Crippen molar-refractivity contribution in [2.45, 2.75) is 19.9 Å². The van der Waals surface area contributed by atoms with Gasteiger partial charge in [0.15, 0.2) is 9.84 Å². The van der Waals surface area contributed by atoms with Crippen LogP contribution in [0.5, 0.6) is 0 Å². The molecule has 0 aliphatic rings. The topological polar surface area (TPSA) is 89.3 Å². The highest BCUT2D eigenvalue weighted by atomic mass is 32.2. The predicted octanol–water partition coefficient (Wildman–Crippen LogP) is 1.97. The van der Waals surface area contributed by atoms with Gasteiger partial charge in [-0.25, -0.2) is 12.8 Å². The van der Waals surface area contributed by atoms with E-state index in [1.54, 1.807) is 6.92 Å². The molecule has 0 aliphatic heterocycles. The normalized spacial score (nSPS) is 13.0. The van der Waals surface area contributed by atoms with Crippen molar-refractivity contribution >= 4 is 21.2 Å². The van der Waals surface area contributed by atoms with Crippen LogP contribution in [0.15, 0.2) is 18.2 Å². The van der Waals surface area contributed by atoms with Gasteiger partial charge >= 0.3 is 0 Å². The van der Waals surface area contributed by atoms with Crippen molar-refractivity contribution in [3.63, 3.8) is 0 Å². The van der Waals surface area contributed by atoms with Crippen LogP contribution in [-0.2, 0) is 9.84 Å². The Morgan fingerprint density at radius 3 is 2.63 bits per heavy atom. The van der Waals surface area contributed by atoms with Crippen LogP contribution >= 0.6 is 0 Å². The summed E-state index contributed by atoms with van der Waals surface area (Å²) in [5.41, 5.74) is -0.314. The largest absolute Gasteiger partial charge is 0.376 e. The molecule has 0 amide bonds. The summed E-state index contributed by atoms with van der Waals surface area (Å²) in [6.45, 7) is 3.09. The Kier molecular flexibility index (Phi) is 4.82. The van der Waals surface area contributed by atoms with Gasteiger partial charge in [0.2, 0.25) is 0 Å². The van der Waals surface area contributed by atoms with Crippen LogP contribution in [0, 0.1) is 15.9 Å². The summed E-state index contributed by atoms with van der Waals surface area (Å²) in [5.74, 6) is -0.805. The maximum atomic E-state index is 13.1. The minimum Gasteiger partial charge on any atom is -0.376 e. The van der Waals surface area contributed by atoms with E-state index >= 15 is 0 Å². The van der Waals surface area contributed by atoms with E-state index in [0.717, 1.165) is 18.2 Å². The second-order valence-electron chi connectivity index (χ2n) is 4.16. The number of benzene rings is 1. The van der Waals surface area contributed by atoms with Crippen molar-refractivity contribution in [1.29, 1.82) is 0 Å². The molecule has 0 aromatic heterocycles. The lowest BCUT2D eigenvalue weighted by molar-refractivity contribution is -0.384. The molecule has 0 radical (unpaired) electrons. The predicted molar refractivity (Wildman–Crippen MR) is 70.5 cm³/mol. The Morgan fingerprint density at radius 2 is 2.11 bits per heavy atom. The lowest BCUT2D eigenvalue weighted by Crippen LogP contribution is -2.27. The Morgan fingerprint density at radius 1 is 1.47 bits per heavy atom. The van der Waals surface area contributed by atoms with Crippen molar-refractivity contribution in [2.75, 3.05) is 16.8 Å². The number of hydrogen-bond donors (Lipinski definition) is 1. The number of halogens is 1. The third-order valence-corrected chi connectivity index (χ3v) is 4.39. The summed E-state index contributed by atoms with van der Waals surface area (Å²) >= 11 is 0. The summed E-state index contributed by atoms with van der Waals surface area (Å²) < 4.78 is 36.0. The van der Waals surface area contributed by atoms with Crippen LogP contribution in [0.1, 0.15) is 13.8 Å². The highest BCUT2D eigenvalue weighted by Gasteiger charge is 2.19. The molecule has 8 heteroatoms. The van der Waals surface area contributed by atoms with Crippen molar-refractivity contribution in [3.8, 4) is 0 Å². The summed E-state index contributed by atoms with van der Waals surface area (Å²) in [4.78, 5) is 10.1. The van der Waals surface area contributed by atoms with Gasteiger partial charge in [0.25, 0.3) is 5.69 Å². The van der Waals surface area contributed by atoms with Gasteiger partial charge in [0.1, 0.15) is 11.5 Å². The van der Waals surface area contributed by atoms with E-state index in [1.165, 1.54) is 6.92 Å². The number of nitro benzene ring substituents is 1. The van der Waals surface area contributed by atoms with Gasteiger partial charge in [0.05, 0.1) is 10.7 Å². The van der Waals surface area contributed by atoms with Gasteiger partial charge < -0.3 is 5.32 Å². The number of sulfone groups is 1. The third kappa shape index (κ3) is 4.47. The van der Waals surface area contributed by atoms with Gasteiger partial charge in [0, 0.05) is 23.9 Å². The van der Waals surface area contributed by atoms with Gasteiger partial charge in [-0.2, -0.15) is 0 Å². The first kappa shape index (κ1) is 15.4. The Balaban J connectivity index is 2.93. The lowest BCUT2D eigenvalue weighted by atomic mass is 10.2. The molecule has 6 nitrogen and oxygen atoms in total. The molecular weight excluding hydrogens is 275 g/mol. The minimum atomic E-state index is -3.21. The second-order valence-corrected chi connectivity index (χ2v) is 6.56. The molecule has 106 valence electrons. The maximum absolute atomic E-state index is 13.1. The van der Waals surface area contributed by atoms with Crippen molar-refractivity contribution in [2.24, 2.45) is 0 Å². The van der Waals surface area contributed by atoms with Gasteiger partial charge in [-0.15, -0.1) is 0 Å². The number of nitrogens with one attached hydrogen (secondary N) is 1. The molecule has 0 saturated carbocycles. The lowest BCUT2D eigenvalue weighted by Gasteiger charge is -2.15. The zero-order valence-corrected chi connectivity index (χ0v) is 11.4. The van der Waals surface area contributed by atoms with E-state index in [-0.39, 0.29) is 22.9 Å². The first-order valence-electron chi connectivity index (χ1n) is 5.66. The Bertz CT molecular complexity index is 574. The fraction of sp³-hybridized carbons (Fsp3) is 0.455. The fourth-order valence-corrected chi connectivity index (χ4v) is 2.67. The summed E-state index contributed by atoms with van der Waals surface area (Å²) in [5, 5.41) is 13.4. The standard InChI is InChI=1S/C11H15FN2O4S/c1-3-19(17,18)7-8(2)13-10-6-9(12)4-5-11(10)14(15)16/h4-6,8,13H,3,7H2,1-2H3. The zero-order chi connectivity index (χ0) is 14.6. The molecule has 0 heterocycles. The van der Waals surface area contributed by atoms with Gasteiger partial charge in [-0.3, -0.25) is 10.1 Å². The van der Waals surface area contributed by atoms with E-state index in [0.29, 0.717) is 0 Å². The van der Waals surface area contributed by atoms with Crippen LogP contribution < -0.4 is 5.32 Å². The quantitative estimate of drug-likeness (QED) is 0.639. The molecule has 0 saturated heterocycles. The smallest absolute Gasteiger partial charge is 0.292 e. The van der Waals surface area contributed by atoms with E-state index < -0.39 is 26.6 Å². The second kappa shape index (κ2) is 5.96. The molecule has 0 bridgehead atoms. The minimum absolute atomic E-state index is 0.00966. The summed E-state index contributed by atoms with van der Waals surface area (Å²) in [7, 11) is -3.21. The molecule has 1 unspecified atom stereocenters. The first-order chi connectivity index (χ1) is 8.75. The van der Waals surface area contributed by atoms with Crippen molar-refractivity contribution in [1.82, 2.24) is 0 Å². The Hall–Kier alpha value is -1.70. The molecular formula is C11H15FN2O4S. The molecule has 1 atom stereocenters. The first-order valence-corrected chi connectivity index (χ1v) is 7.48. The molecule has 1 aromatic rings. The third-order valence-electron chi connectivity index (χ3n) is 2.50. The van der Waals surface area contributed by atoms with E-state index in [1.807, 2.05) is 0 Å². The molecule has 1 aromatic carbocycles. The molecule has 1 rings (SSSR count). The van der Waals surface area contributed by atoms with E-state index in [2.05, 4.69) is 5.32 Å². The molecule has 0 spiro atoms. The monoisotopic (exact) mass is 290 g/mol. The molecule has 0 fully saturated rings. The van der Waals surface area contributed by atoms with Crippen molar-refractivity contribution in [3.05, 3.63) is 34.1 Å². The number of nitro groups is 1. The van der Waals surface area contributed by atoms with Gasteiger partial charge in [-0.1, -0.05) is 6.92 Å². The zero-order valence-electron chi connectivity index (χ0n) is 10.6. The average Bonchev–Trinajstić information content (AvgIpc) is 2.27. The number of rotatable bonds is 6. The van der Waals surface area contributed by atoms with Crippen LogP contribution in [-0.4, -0.2) is 30.9 Å². The maximum Gasteiger partial charge on any atom is 0.292 e. The van der Waals surface area contributed by atoms with Crippen LogP contribution in [0.3, 0.4) is 0 Å². The highest BCUT2D eigenvalue weighted by Crippen LogP contribution is 2.25.